The number of anilines is 1. The summed E-state index contributed by atoms with van der Waals surface area (Å²) in [5.74, 6) is 0.206. The third kappa shape index (κ3) is 3.34. The highest BCUT2D eigenvalue weighted by Crippen LogP contribution is 2.29. The summed E-state index contributed by atoms with van der Waals surface area (Å²) in [6.45, 7) is 3.51. The van der Waals surface area contributed by atoms with Crippen LogP contribution in [0.2, 0.25) is 0 Å². The molecule has 0 aliphatic rings. The first-order valence-corrected chi connectivity index (χ1v) is 8.50. The summed E-state index contributed by atoms with van der Waals surface area (Å²) in [6, 6.07) is 4.42. The lowest BCUT2D eigenvalue weighted by molar-refractivity contribution is 0.400. The fourth-order valence-corrected chi connectivity index (χ4v) is 4.19. The van der Waals surface area contributed by atoms with Crippen LogP contribution in [0.5, 0.6) is 5.75 Å². The molecule has 0 radical (unpaired) electrons. The number of nitrogen functional groups attached to an aromatic ring is 1. The molecule has 0 spiro atoms. The van der Waals surface area contributed by atoms with Crippen LogP contribution in [0.4, 0.5) is 5.69 Å². The predicted octanol–water partition coefficient (Wildman–Crippen LogP) is 1.95. The predicted molar refractivity (Wildman–Crippen MR) is 82.9 cm³/mol. The summed E-state index contributed by atoms with van der Waals surface area (Å²) in [5.41, 5.74) is 5.26. The van der Waals surface area contributed by atoms with Gasteiger partial charge in [0.2, 0.25) is 10.0 Å². The number of ether oxygens (including phenoxy) is 1. The van der Waals surface area contributed by atoms with E-state index in [-0.39, 0.29) is 10.6 Å². The van der Waals surface area contributed by atoms with E-state index in [1.807, 2.05) is 0 Å². The molecule has 0 aliphatic carbocycles. The van der Waals surface area contributed by atoms with Crippen molar-refractivity contribution in [2.75, 3.05) is 12.8 Å². The third-order valence-corrected chi connectivity index (χ3v) is 5.63. The quantitative estimate of drug-likeness (QED) is 0.819. The highest BCUT2D eigenvalue weighted by Gasteiger charge is 2.31. The maximum atomic E-state index is 12.6. The number of nitrogens with two attached hydrogens (primary N) is 1. The summed E-state index contributed by atoms with van der Waals surface area (Å²) in [6.07, 6.45) is 1.64. The van der Waals surface area contributed by atoms with Gasteiger partial charge in [0.05, 0.1) is 12.6 Å². The van der Waals surface area contributed by atoms with Gasteiger partial charge < -0.3 is 10.5 Å². The van der Waals surface area contributed by atoms with E-state index in [9.17, 15) is 8.42 Å². The van der Waals surface area contributed by atoms with Crippen LogP contribution < -0.4 is 15.2 Å². The number of aromatic nitrogens is 1. The van der Waals surface area contributed by atoms with Crippen molar-refractivity contribution in [2.24, 2.45) is 0 Å². The summed E-state index contributed by atoms with van der Waals surface area (Å²) >= 11 is 1.39. The molecule has 0 fully saturated rings. The number of hydrogen-bond acceptors (Lipinski definition) is 6. The van der Waals surface area contributed by atoms with Gasteiger partial charge in [-0.25, -0.2) is 13.4 Å². The molecule has 6 nitrogen and oxygen atoms in total. The highest BCUT2D eigenvalue weighted by atomic mass is 32.2. The lowest BCUT2D eigenvalue weighted by Crippen LogP contribution is -2.40. The van der Waals surface area contributed by atoms with E-state index in [0.29, 0.717) is 10.7 Å². The van der Waals surface area contributed by atoms with Gasteiger partial charge in [-0.3, -0.25) is 0 Å². The van der Waals surface area contributed by atoms with Gasteiger partial charge in [-0.15, -0.1) is 11.3 Å². The Balaban J connectivity index is 2.39. The number of rotatable bonds is 5. The summed E-state index contributed by atoms with van der Waals surface area (Å²) in [7, 11) is -2.36. The van der Waals surface area contributed by atoms with Gasteiger partial charge in [0, 0.05) is 23.3 Å². The van der Waals surface area contributed by atoms with Crippen LogP contribution in [0, 0.1) is 0 Å². The molecule has 0 amide bonds. The van der Waals surface area contributed by atoms with Crippen LogP contribution in [0.15, 0.2) is 34.7 Å². The second kappa shape index (κ2) is 5.63. The van der Waals surface area contributed by atoms with Crippen molar-refractivity contribution in [1.29, 1.82) is 0 Å². The summed E-state index contributed by atoms with van der Waals surface area (Å²) < 4.78 is 32.9. The van der Waals surface area contributed by atoms with E-state index in [2.05, 4.69) is 9.71 Å². The topological polar surface area (TPSA) is 94.3 Å². The highest BCUT2D eigenvalue weighted by molar-refractivity contribution is 7.89. The van der Waals surface area contributed by atoms with Crippen molar-refractivity contribution in [3.05, 3.63) is 34.8 Å². The molecule has 0 bridgehead atoms. The fourth-order valence-electron chi connectivity index (χ4n) is 1.87. The third-order valence-electron chi connectivity index (χ3n) is 2.83. The Bertz CT molecular complexity index is 725. The molecule has 2 aromatic rings. The molecule has 1 heterocycles. The van der Waals surface area contributed by atoms with Crippen LogP contribution in [0.3, 0.4) is 0 Å². The van der Waals surface area contributed by atoms with Gasteiger partial charge in [-0.05, 0) is 26.0 Å². The summed E-state index contributed by atoms with van der Waals surface area (Å²) in [5, 5.41) is 2.48. The first kappa shape index (κ1) is 15.7. The molecule has 114 valence electrons. The monoisotopic (exact) mass is 327 g/mol. The number of thiazole rings is 1. The molecule has 1 aromatic heterocycles. The number of nitrogens with one attached hydrogen (secondary N) is 1. The lowest BCUT2D eigenvalue weighted by Gasteiger charge is -2.24. The number of benzene rings is 1. The molecule has 0 aliphatic heterocycles. The second-order valence-electron chi connectivity index (χ2n) is 4.98. The average molecular weight is 327 g/mol. The molecule has 0 unspecified atom stereocenters. The molecule has 0 saturated heterocycles. The lowest BCUT2D eigenvalue weighted by atomic mass is 10.1. The summed E-state index contributed by atoms with van der Waals surface area (Å²) in [4.78, 5) is 4.21. The maximum Gasteiger partial charge on any atom is 0.245 e. The Labute approximate surface area is 128 Å². The zero-order valence-corrected chi connectivity index (χ0v) is 13.6. The van der Waals surface area contributed by atoms with Crippen LogP contribution in [0.1, 0.15) is 18.9 Å². The van der Waals surface area contributed by atoms with Crippen LogP contribution in [-0.2, 0) is 15.6 Å². The molecular weight excluding hydrogens is 310 g/mol. The van der Waals surface area contributed by atoms with Crippen LogP contribution in [-0.4, -0.2) is 20.5 Å². The van der Waals surface area contributed by atoms with Gasteiger partial charge in [0.1, 0.15) is 15.7 Å². The standard InChI is InChI=1S/C13H17N3O3S2/c1-13(2,12-15-6-7-20-12)16-21(17,18)11-5-4-9(14)8-10(11)19-3/h4-8,16H,14H2,1-3H3. The minimum Gasteiger partial charge on any atom is -0.495 e. The number of nitrogens with zero attached hydrogens (tertiary/aromatic N) is 1. The maximum absolute atomic E-state index is 12.6. The van der Waals surface area contributed by atoms with Gasteiger partial charge >= 0.3 is 0 Å². The van der Waals surface area contributed by atoms with E-state index in [1.165, 1.54) is 36.6 Å². The van der Waals surface area contributed by atoms with Gasteiger partial charge in [0.25, 0.3) is 0 Å². The molecule has 2 rings (SSSR count). The van der Waals surface area contributed by atoms with Gasteiger partial charge in [-0.1, -0.05) is 0 Å². The Morgan fingerprint density at radius 2 is 2.10 bits per heavy atom. The Morgan fingerprint density at radius 1 is 1.38 bits per heavy atom. The van der Waals surface area contributed by atoms with E-state index in [0.717, 1.165) is 0 Å². The van der Waals surface area contributed by atoms with Crippen molar-refractivity contribution >= 4 is 27.0 Å². The number of methoxy groups -OCH3 is 1. The van der Waals surface area contributed by atoms with Crippen molar-refractivity contribution in [3.8, 4) is 5.75 Å². The molecule has 0 saturated carbocycles. The van der Waals surface area contributed by atoms with Crippen molar-refractivity contribution in [1.82, 2.24) is 9.71 Å². The van der Waals surface area contributed by atoms with E-state index in [1.54, 1.807) is 25.4 Å². The van der Waals surface area contributed by atoms with E-state index in [4.69, 9.17) is 10.5 Å². The molecule has 8 heteroatoms. The normalized spacial score (nSPS) is 12.3. The fraction of sp³-hybridized carbons (Fsp3) is 0.308. The largest absolute Gasteiger partial charge is 0.495 e. The Morgan fingerprint density at radius 3 is 2.67 bits per heavy atom. The van der Waals surface area contributed by atoms with Gasteiger partial charge in [0.15, 0.2) is 0 Å². The Hall–Kier alpha value is -1.64. The zero-order chi connectivity index (χ0) is 15.7. The van der Waals surface area contributed by atoms with Crippen LogP contribution >= 0.6 is 11.3 Å². The van der Waals surface area contributed by atoms with Crippen LogP contribution in [0.25, 0.3) is 0 Å². The molecule has 0 atom stereocenters. The average Bonchev–Trinajstić information content (AvgIpc) is 2.91. The first-order valence-electron chi connectivity index (χ1n) is 6.14. The second-order valence-corrected chi connectivity index (χ2v) is 7.52. The van der Waals surface area contributed by atoms with Crippen molar-refractivity contribution in [3.63, 3.8) is 0 Å². The van der Waals surface area contributed by atoms with E-state index < -0.39 is 15.6 Å². The molecule has 21 heavy (non-hydrogen) atoms. The van der Waals surface area contributed by atoms with E-state index >= 15 is 0 Å². The minimum absolute atomic E-state index is 0.0452. The molecule has 3 N–H and O–H groups in total. The smallest absolute Gasteiger partial charge is 0.245 e. The minimum atomic E-state index is -3.77. The first-order chi connectivity index (χ1) is 9.76. The Kier molecular flexibility index (Phi) is 4.22. The molecule has 1 aromatic carbocycles. The SMILES string of the molecule is COc1cc(N)ccc1S(=O)(=O)NC(C)(C)c1nccs1. The van der Waals surface area contributed by atoms with Crippen molar-refractivity contribution < 1.29 is 13.2 Å². The number of hydrogen-bond donors (Lipinski definition) is 2. The molecular formula is C13H17N3O3S2. The van der Waals surface area contributed by atoms with Crippen molar-refractivity contribution in [2.45, 2.75) is 24.3 Å². The zero-order valence-electron chi connectivity index (χ0n) is 12.0. The number of sulfonamides is 1. The van der Waals surface area contributed by atoms with Gasteiger partial charge in [-0.2, -0.15) is 4.72 Å².